The zero-order chi connectivity index (χ0) is 19.9. The van der Waals surface area contributed by atoms with Crippen LogP contribution in [0.1, 0.15) is 16.3 Å². The first-order chi connectivity index (χ1) is 13.5. The van der Waals surface area contributed by atoms with Crippen LogP contribution in [0.15, 0.2) is 53.9 Å². The Kier molecular flexibility index (Phi) is 7.03. The predicted octanol–water partition coefficient (Wildman–Crippen LogP) is 5.92. The maximum atomic E-state index is 13.7. The van der Waals surface area contributed by atoms with Gasteiger partial charge in [0.15, 0.2) is 0 Å². The molecule has 1 aromatic heterocycles. The van der Waals surface area contributed by atoms with E-state index in [-0.39, 0.29) is 17.2 Å². The third kappa shape index (κ3) is 5.79. The van der Waals surface area contributed by atoms with Gasteiger partial charge < -0.3 is 9.47 Å². The summed E-state index contributed by atoms with van der Waals surface area (Å²) in [6.45, 7) is 0.303. The van der Waals surface area contributed by atoms with Crippen molar-refractivity contribution >= 4 is 46.6 Å². The number of aromatic nitrogens is 1. The lowest BCUT2D eigenvalue weighted by atomic mass is 10.2. The summed E-state index contributed by atoms with van der Waals surface area (Å²) >= 11 is 13.1. The fourth-order valence-electron chi connectivity index (χ4n) is 2.17. The number of hydrogen-bond donors (Lipinski definition) is 0. The average molecular weight is 438 g/mol. The highest BCUT2D eigenvalue weighted by Crippen LogP contribution is 2.21. The van der Waals surface area contributed by atoms with Gasteiger partial charge in [-0.3, -0.25) is 0 Å². The first-order valence-corrected chi connectivity index (χ1v) is 9.75. The number of hydrogen-bond acceptors (Lipinski definition) is 5. The number of carbonyl (C=O) groups excluding carboxylic acids is 1. The van der Waals surface area contributed by atoms with Crippen molar-refractivity contribution in [2.75, 3.05) is 0 Å². The summed E-state index contributed by atoms with van der Waals surface area (Å²) in [7, 11) is 0. The standard InChI is InChI=1S/C20H14Cl2FNO3S/c21-13-4-6-15(7-5-13)26-11-19-24-14(12-28-19)10-27-20(25)9-8-16-17(22)2-1-3-18(16)23/h1-9,12H,10-11H2/b9-8+. The molecule has 0 saturated heterocycles. The minimum atomic E-state index is -0.619. The molecule has 4 nitrogen and oxygen atoms in total. The quantitative estimate of drug-likeness (QED) is 0.339. The number of thiazole rings is 1. The average Bonchev–Trinajstić information content (AvgIpc) is 3.13. The zero-order valence-corrected chi connectivity index (χ0v) is 16.7. The van der Waals surface area contributed by atoms with Crippen LogP contribution in [-0.2, 0) is 22.7 Å². The van der Waals surface area contributed by atoms with E-state index in [4.69, 9.17) is 32.7 Å². The third-order valence-corrected chi connectivity index (χ3v) is 4.98. The molecule has 1 heterocycles. The molecule has 0 aliphatic heterocycles. The van der Waals surface area contributed by atoms with E-state index in [0.29, 0.717) is 23.1 Å². The van der Waals surface area contributed by atoms with E-state index < -0.39 is 11.8 Å². The highest BCUT2D eigenvalue weighted by Gasteiger charge is 2.07. The van der Waals surface area contributed by atoms with Crippen molar-refractivity contribution in [2.45, 2.75) is 13.2 Å². The third-order valence-electron chi connectivity index (χ3n) is 3.52. The number of benzene rings is 2. The molecule has 8 heteroatoms. The first-order valence-electron chi connectivity index (χ1n) is 8.12. The molecule has 28 heavy (non-hydrogen) atoms. The van der Waals surface area contributed by atoms with Crippen LogP contribution in [-0.4, -0.2) is 11.0 Å². The summed E-state index contributed by atoms with van der Waals surface area (Å²) in [4.78, 5) is 16.2. The molecule has 0 amide bonds. The SMILES string of the molecule is O=C(/C=C/c1c(F)cccc1Cl)OCc1csc(COc2ccc(Cl)cc2)n1. The summed E-state index contributed by atoms with van der Waals surface area (Å²) in [6, 6.07) is 11.3. The lowest BCUT2D eigenvalue weighted by Crippen LogP contribution is -2.02. The normalized spacial score (nSPS) is 11.0. The van der Waals surface area contributed by atoms with Crippen molar-refractivity contribution in [1.82, 2.24) is 4.98 Å². The fraction of sp³-hybridized carbons (Fsp3) is 0.100. The second-order valence-corrected chi connectivity index (χ2v) is 7.34. The molecule has 0 radical (unpaired) electrons. The molecule has 0 spiro atoms. The molecule has 0 aliphatic carbocycles. The minimum Gasteiger partial charge on any atom is -0.486 e. The smallest absolute Gasteiger partial charge is 0.331 e. The minimum absolute atomic E-state index is 0.00558. The first kappa shape index (κ1) is 20.3. The van der Waals surface area contributed by atoms with Gasteiger partial charge in [-0.1, -0.05) is 29.3 Å². The Bertz CT molecular complexity index is 969. The highest BCUT2D eigenvalue weighted by atomic mass is 35.5. The van der Waals surface area contributed by atoms with Crippen LogP contribution >= 0.6 is 34.5 Å². The topological polar surface area (TPSA) is 48.4 Å². The van der Waals surface area contributed by atoms with Crippen molar-refractivity contribution in [2.24, 2.45) is 0 Å². The van der Waals surface area contributed by atoms with Crippen LogP contribution in [0.3, 0.4) is 0 Å². The van der Waals surface area contributed by atoms with Gasteiger partial charge in [0.2, 0.25) is 0 Å². The van der Waals surface area contributed by atoms with Crippen LogP contribution in [0.25, 0.3) is 6.08 Å². The Morgan fingerprint density at radius 2 is 1.93 bits per heavy atom. The molecule has 144 valence electrons. The van der Waals surface area contributed by atoms with E-state index in [2.05, 4.69) is 4.98 Å². The molecule has 0 unspecified atom stereocenters. The predicted molar refractivity (Wildman–Crippen MR) is 108 cm³/mol. The van der Waals surface area contributed by atoms with Crippen molar-refractivity contribution in [3.8, 4) is 5.75 Å². The number of halogens is 3. The monoisotopic (exact) mass is 437 g/mol. The summed E-state index contributed by atoms with van der Waals surface area (Å²) < 4.78 is 24.4. The lowest BCUT2D eigenvalue weighted by molar-refractivity contribution is -0.139. The van der Waals surface area contributed by atoms with Gasteiger partial charge in [0.05, 0.1) is 10.7 Å². The van der Waals surface area contributed by atoms with Crippen molar-refractivity contribution in [1.29, 1.82) is 0 Å². The number of nitrogens with zero attached hydrogens (tertiary/aromatic N) is 1. The lowest BCUT2D eigenvalue weighted by Gasteiger charge is -2.03. The number of esters is 1. The summed E-state index contributed by atoms with van der Waals surface area (Å²) in [5, 5.41) is 3.38. The van der Waals surface area contributed by atoms with Gasteiger partial charge in [0, 0.05) is 22.0 Å². The second-order valence-electron chi connectivity index (χ2n) is 5.55. The largest absolute Gasteiger partial charge is 0.486 e. The molecule has 0 aliphatic rings. The van der Waals surface area contributed by atoms with Crippen molar-refractivity contribution in [3.63, 3.8) is 0 Å². The van der Waals surface area contributed by atoms with Crippen molar-refractivity contribution < 1.29 is 18.7 Å². The van der Waals surface area contributed by atoms with Gasteiger partial charge >= 0.3 is 5.97 Å². The van der Waals surface area contributed by atoms with Crippen LogP contribution in [0, 0.1) is 5.82 Å². The van der Waals surface area contributed by atoms with E-state index >= 15 is 0 Å². The molecule has 3 aromatic rings. The molecule has 0 fully saturated rings. The van der Waals surface area contributed by atoms with Crippen LogP contribution in [0.4, 0.5) is 4.39 Å². The molecular weight excluding hydrogens is 424 g/mol. The van der Waals surface area contributed by atoms with E-state index in [9.17, 15) is 9.18 Å². The van der Waals surface area contributed by atoms with Gasteiger partial charge in [-0.05, 0) is 42.5 Å². The molecule has 0 bridgehead atoms. The maximum absolute atomic E-state index is 13.7. The fourth-order valence-corrected chi connectivity index (χ4v) is 3.21. The molecule has 0 atom stereocenters. The van der Waals surface area contributed by atoms with E-state index in [0.717, 1.165) is 11.1 Å². The Morgan fingerprint density at radius 3 is 2.68 bits per heavy atom. The molecular formula is C20H14Cl2FNO3S. The zero-order valence-electron chi connectivity index (χ0n) is 14.4. The van der Waals surface area contributed by atoms with E-state index in [1.54, 1.807) is 35.7 Å². The van der Waals surface area contributed by atoms with Gasteiger partial charge in [0.1, 0.15) is 29.8 Å². The van der Waals surface area contributed by atoms with Gasteiger partial charge in [0.25, 0.3) is 0 Å². The van der Waals surface area contributed by atoms with Gasteiger partial charge in [-0.2, -0.15) is 0 Å². The number of rotatable bonds is 7. The van der Waals surface area contributed by atoms with Crippen molar-refractivity contribution in [3.05, 3.63) is 86.0 Å². The Balaban J connectivity index is 1.49. The van der Waals surface area contributed by atoms with E-state index in [1.165, 1.54) is 29.5 Å². The van der Waals surface area contributed by atoms with Gasteiger partial charge in [-0.25, -0.2) is 14.2 Å². The number of ether oxygens (including phenoxy) is 2. The Labute approximate surface area is 175 Å². The van der Waals surface area contributed by atoms with Crippen LogP contribution < -0.4 is 4.74 Å². The second kappa shape index (κ2) is 9.68. The van der Waals surface area contributed by atoms with Crippen LogP contribution in [0.2, 0.25) is 10.0 Å². The summed E-state index contributed by atoms with van der Waals surface area (Å²) in [5.41, 5.74) is 0.738. The summed E-state index contributed by atoms with van der Waals surface area (Å²) in [6.07, 6.45) is 2.41. The molecule has 2 aromatic carbocycles. The maximum Gasteiger partial charge on any atom is 0.331 e. The highest BCUT2D eigenvalue weighted by molar-refractivity contribution is 7.09. The number of carbonyl (C=O) groups is 1. The molecule has 3 rings (SSSR count). The van der Waals surface area contributed by atoms with Gasteiger partial charge in [-0.15, -0.1) is 11.3 Å². The summed E-state index contributed by atoms with van der Waals surface area (Å²) in [5.74, 6) is -0.447. The molecule has 0 saturated carbocycles. The Morgan fingerprint density at radius 1 is 1.14 bits per heavy atom. The Hall–Kier alpha value is -2.41. The van der Waals surface area contributed by atoms with Crippen LogP contribution in [0.5, 0.6) is 5.75 Å². The van der Waals surface area contributed by atoms with E-state index in [1.807, 2.05) is 0 Å². The molecule has 0 N–H and O–H groups in total.